The van der Waals surface area contributed by atoms with Gasteiger partial charge in [-0.1, -0.05) is 0 Å². The summed E-state index contributed by atoms with van der Waals surface area (Å²) in [6, 6.07) is 4.04. The molecule has 0 aliphatic rings. The van der Waals surface area contributed by atoms with Crippen molar-refractivity contribution in [3.8, 4) is 0 Å². The Morgan fingerprint density at radius 3 is 2.64 bits per heavy atom. The number of aryl methyl sites for hydroxylation is 1. The Morgan fingerprint density at radius 1 is 1.36 bits per heavy atom. The highest BCUT2D eigenvalue weighted by Crippen LogP contribution is 2.28. The minimum Gasteiger partial charge on any atom is -0.382 e. The molecule has 3 N–H and O–H groups in total. The topological polar surface area (TPSA) is 54.7 Å². The lowest BCUT2D eigenvalue weighted by Gasteiger charge is -1.96. The van der Waals surface area contributed by atoms with Gasteiger partial charge in [-0.15, -0.1) is 24.8 Å². The van der Waals surface area contributed by atoms with Crippen LogP contribution in [0.2, 0.25) is 0 Å². The molecule has 78 valence electrons. The Balaban J connectivity index is 0.000000845. The number of nitrogens with zero attached hydrogens (tertiary/aromatic N) is 1. The van der Waals surface area contributed by atoms with Crippen molar-refractivity contribution in [1.82, 2.24) is 10.2 Å². The van der Waals surface area contributed by atoms with Crippen LogP contribution in [0.1, 0.15) is 5.56 Å². The van der Waals surface area contributed by atoms with Crippen molar-refractivity contribution in [3.05, 3.63) is 22.2 Å². The van der Waals surface area contributed by atoms with E-state index in [0.717, 1.165) is 15.4 Å². The van der Waals surface area contributed by atoms with Gasteiger partial charge in [0.25, 0.3) is 0 Å². The minimum absolute atomic E-state index is 0. The van der Waals surface area contributed by atoms with E-state index in [9.17, 15) is 0 Å². The molecule has 0 amide bonds. The van der Waals surface area contributed by atoms with Gasteiger partial charge in [0.2, 0.25) is 0 Å². The van der Waals surface area contributed by atoms with E-state index in [1.807, 2.05) is 19.1 Å². The van der Waals surface area contributed by atoms with Gasteiger partial charge in [-0.2, -0.15) is 5.10 Å². The molecule has 0 saturated heterocycles. The van der Waals surface area contributed by atoms with Crippen molar-refractivity contribution >= 4 is 57.5 Å². The Bertz CT molecular complexity index is 441. The highest BCUT2D eigenvalue weighted by molar-refractivity contribution is 9.10. The summed E-state index contributed by atoms with van der Waals surface area (Å²) >= 11 is 3.44. The smallest absolute Gasteiger partial charge is 0.154 e. The molecule has 0 aliphatic heterocycles. The first-order valence-electron chi connectivity index (χ1n) is 3.58. The summed E-state index contributed by atoms with van der Waals surface area (Å²) in [6.07, 6.45) is 0. The van der Waals surface area contributed by atoms with Gasteiger partial charge in [0.05, 0.1) is 10.9 Å². The molecule has 0 saturated carbocycles. The largest absolute Gasteiger partial charge is 0.382 e. The summed E-state index contributed by atoms with van der Waals surface area (Å²) in [6.45, 7) is 2.03. The number of anilines is 1. The second kappa shape index (κ2) is 4.87. The SMILES string of the molecule is Cc1cc(Br)c2c(N)n[nH]c2c1.Cl.Cl. The van der Waals surface area contributed by atoms with Crippen LogP contribution in [-0.4, -0.2) is 10.2 Å². The van der Waals surface area contributed by atoms with Crippen molar-refractivity contribution in [2.75, 3.05) is 5.73 Å². The number of aromatic nitrogens is 2. The van der Waals surface area contributed by atoms with E-state index in [2.05, 4.69) is 26.1 Å². The van der Waals surface area contributed by atoms with Gasteiger partial charge in [-0.25, -0.2) is 0 Å². The molecule has 0 spiro atoms. The lowest BCUT2D eigenvalue weighted by molar-refractivity contribution is 1.13. The first-order valence-corrected chi connectivity index (χ1v) is 4.37. The maximum Gasteiger partial charge on any atom is 0.154 e. The highest BCUT2D eigenvalue weighted by Gasteiger charge is 2.05. The number of hydrogen-bond donors (Lipinski definition) is 2. The van der Waals surface area contributed by atoms with Crippen LogP contribution in [0, 0.1) is 6.92 Å². The van der Waals surface area contributed by atoms with Crippen molar-refractivity contribution in [2.24, 2.45) is 0 Å². The number of fused-ring (bicyclic) bond motifs is 1. The number of benzene rings is 1. The number of H-pyrrole nitrogens is 1. The van der Waals surface area contributed by atoms with E-state index in [0.29, 0.717) is 5.82 Å². The van der Waals surface area contributed by atoms with Gasteiger partial charge in [-0.05, 0) is 40.5 Å². The van der Waals surface area contributed by atoms with Gasteiger partial charge in [0.15, 0.2) is 5.82 Å². The van der Waals surface area contributed by atoms with E-state index in [4.69, 9.17) is 5.73 Å². The van der Waals surface area contributed by atoms with E-state index >= 15 is 0 Å². The Morgan fingerprint density at radius 2 is 2.00 bits per heavy atom. The maximum atomic E-state index is 5.65. The van der Waals surface area contributed by atoms with Gasteiger partial charge < -0.3 is 5.73 Å². The summed E-state index contributed by atoms with van der Waals surface area (Å²) in [5, 5.41) is 7.74. The predicted molar refractivity (Wildman–Crippen MR) is 67.4 cm³/mol. The summed E-state index contributed by atoms with van der Waals surface area (Å²) in [4.78, 5) is 0. The maximum absolute atomic E-state index is 5.65. The first-order chi connectivity index (χ1) is 5.68. The number of aromatic amines is 1. The van der Waals surface area contributed by atoms with Crippen LogP contribution in [0.5, 0.6) is 0 Å². The van der Waals surface area contributed by atoms with E-state index < -0.39 is 0 Å². The molecule has 0 radical (unpaired) electrons. The molecular weight excluding hydrogens is 289 g/mol. The second-order valence-corrected chi connectivity index (χ2v) is 3.63. The van der Waals surface area contributed by atoms with E-state index in [1.165, 1.54) is 5.56 Å². The monoisotopic (exact) mass is 297 g/mol. The first kappa shape index (κ1) is 13.5. The molecule has 2 rings (SSSR count). The van der Waals surface area contributed by atoms with Gasteiger partial charge in [-0.3, -0.25) is 5.10 Å². The standard InChI is InChI=1S/C8H8BrN3.2ClH/c1-4-2-5(9)7-6(3-4)11-12-8(7)10;;/h2-3H,1H3,(H3,10,11,12);2*1H. The van der Waals surface area contributed by atoms with E-state index in [1.54, 1.807) is 0 Å². The Kier molecular flexibility index (Phi) is 4.71. The molecule has 1 aromatic carbocycles. The third-order valence-electron chi connectivity index (χ3n) is 1.79. The van der Waals surface area contributed by atoms with Crippen molar-refractivity contribution in [1.29, 1.82) is 0 Å². The quantitative estimate of drug-likeness (QED) is 0.785. The third kappa shape index (κ3) is 2.13. The number of rotatable bonds is 0. The Hall–Kier alpha value is -0.450. The molecule has 14 heavy (non-hydrogen) atoms. The molecule has 3 nitrogen and oxygen atoms in total. The van der Waals surface area contributed by atoms with Crippen LogP contribution >= 0.6 is 40.7 Å². The zero-order chi connectivity index (χ0) is 8.72. The zero-order valence-corrected chi connectivity index (χ0v) is 10.6. The average Bonchev–Trinajstić information content (AvgIpc) is 2.31. The number of nitrogens with one attached hydrogen (secondary N) is 1. The number of halogens is 3. The predicted octanol–water partition coefficient (Wildman–Crippen LogP) is 3.06. The van der Waals surface area contributed by atoms with Crippen molar-refractivity contribution in [2.45, 2.75) is 6.92 Å². The summed E-state index contributed by atoms with van der Waals surface area (Å²) < 4.78 is 0.990. The molecule has 0 bridgehead atoms. The van der Waals surface area contributed by atoms with Crippen LogP contribution in [-0.2, 0) is 0 Å². The highest BCUT2D eigenvalue weighted by atomic mass is 79.9. The summed E-state index contributed by atoms with van der Waals surface area (Å²) in [5.41, 5.74) is 7.81. The summed E-state index contributed by atoms with van der Waals surface area (Å²) in [7, 11) is 0. The molecule has 6 heteroatoms. The molecule has 0 atom stereocenters. The van der Waals surface area contributed by atoms with Gasteiger partial charge in [0.1, 0.15) is 0 Å². The number of hydrogen-bond acceptors (Lipinski definition) is 2. The normalized spacial score (nSPS) is 9.29. The van der Waals surface area contributed by atoms with Gasteiger partial charge >= 0.3 is 0 Å². The van der Waals surface area contributed by atoms with E-state index in [-0.39, 0.29) is 24.8 Å². The fourth-order valence-corrected chi connectivity index (χ4v) is 2.04. The van der Waals surface area contributed by atoms with Crippen LogP contribution in [0.25, 0.3) is 10.9 Å². The lowest BCUT2D eigenvalue weighted by atomic mass is 10.2. The fraction of sp³-hybridized carbons (Fsp3) is 0.125. The minimum atomic E-state index is 0. The molecule has 1 aromatic heterocycles. The van der Waals surface area contributed by atoms with Gasteiger partial charge in [0, 0.05) is 4.47 Å². The molecule has 2 aromatic rings. The third-order valence-corrected chi connectivity index (χ3v) is 2.41. The molecule has 0 fully saturated rings. The van der Waals surface area contributed by atoms with Crippen LogP contribution in [0.3, 0.4) is 0 Å². The molecule has 0 aliphatic carbocycles. The average molecular weight is 299 g/mol. The molecule has 1 heterocycles. The number of nitrogen functional groups attached to an aromatic ring is 1. The summed E-state index contributed by atoms with van der Waals surface area (Å²) in [5.74, 6) is 0.539. The Labute approximate surface area is 102 Å². The van der Waals surface area contributed by atoms with Crippen LogP contribution < -0.4 is 5.73 Å². The molecule has 0 unspecified atom stereocenters. The zero-order valence-electron chi connectivity index (χ0n) is 7.37. The van der Waals surface area contributed by atoms with Crippen molar-refractivity contribution < 1.29 is 0 Å². The van der Waals surface area contributed by atoms with Crippen LogP contribution in [0.4, 0.5) is 5.82 Å². The molecular formula is C8H10BrCl2N3. The fourth-order valence-electron chi connectivity index (χ4n) is 1.27. The second-order valence-electron chi connectivity index (χ2n) is 2.78. The lowest BCUT2D eigenvalue weighted by Crippen LogP contribution is -1.84. The number of nitrogens with two attached hydrogens (primary N) is 1. The van der Waals surface area contributed by atoms with Crippen molar-refractivity contribution in [3.63, 3.8) is 0 Å². The van der Waals surface area contributed by atoms with Crippen LogP contribution in [0.15, 0.2) is 16.6 Å².